The van der Waals surface area contributed by atoms with Gasteiger partial charge in [0.15, 0.2) is 5.76 Å². The predicted octanol–water partition coefficient (Wildman–Crippen LogP) is 4.46. The summed E-state index contributed by atoms with van der Waals surface area (Å²) in [6.07, 6.45) is 3.73. The summed E-state index contributed by atoms with van der Waals surface area (Å²) in [4.78, 5) is 20.8. The molecule has 0 bridgehead atoms. The van der Waals surface area contributed by atoms with Gasteiger partial charge >= 0.3 is 0 Å². The van der Waals surface area contributed by atoms with Crippen molar-refractivity contribution in [3.05, 3.63) is 71.0 Å². The zero-order valence-electron chi connectivity index (χ0n) is 13.9. The van der Waals surface area contributed by atoms with Crippen LogP contribution in [-0.2, 0) is 6.54 Å². The summed E-state index contributed by atoms with van der Waals surface area (Å²) >= 11 is 6.08. The highest BCUT2D eigenvalue weighted by atomic mass is 35.5. The van der Waals surface area contributed by atoms with E-state index in [9.17, 15) is 4.79 Å². The average molecular weight is 369 g/mol. The molecule has 1 saturated carbocycles. The molecule has 1 aliphatic carbocycles. The second-order valence-corrected chi connectivity index (χ2v) is 6.58. The smallest absolute Gasteiger partial charge is 0.291 e. The van der Waals surface area contributed by atoms with E-state index in [4.69, 9.17) is 16.0 Å². The molecule has 2 heterocycles. The summed E-state index contributed by atoms with van der Waals surface area (Å²) in [6.45, 7) is 0.601. The Morgan fingerprint density at radius 3 is 2.69 bits per heavy atom. The lowest BCUT2D eigenvalue weighted by atomic mass is 10.2. The Balaban J connectivity index is 1.36. The van der Waals surface area contributed by atoms with Crippen LogP contribution in [-0.4, -0.2) is 15.9 Å². The summed E-state index contributed by atoms with van der Waals surface area (Å²) in [5, 5.41) is 6.52. The molecule has 1 aromatic carbocycles. The van der Waals surface area contributed by atoms with E-state index in [1.807, 2.05) is 24.3 Å². The van der Waals surface area contributed by atoms with Crippen LogP contribution in [0.5, 0.6) is 0 Å². The van der Waals surface area contributed by atoms with Gasteiger partial charge in [0.05, 0.1) is 6.26 Å². The SMILES string of the molecule is O=C(Nc1ccc(CNc2cc(Cl)nc(C3CC3)n2)cc1)c1ccco1. The number of aromatic nitrogens is 2. The van der Waals surface area contributed by atoms with Crippen molar-refractivity contribution in [1.82, 2.24) is 9.97 Å². The van der Waals surface area contributed by atoms with E-state index in [2.05, 4.69) is 20.6 Å². The summed E-state index contributed by atoms with van der Waals surface area (Å²) in [5.41, 5.74) is 1.76. The Labute approximate surface area is 155 Å². The lowest BCUT2D eigenvalue weighted by molar-refractivity contribution is 0.0996. The van der Waals surface area contributed by atoms with E-state index in [1.165, 1.54) is 6.26 Å². The molecule has 0 unspecified atom stereocenters. The van der Waals surface area contributed by atoms with Crippen molar-refractivity contribution in [3.8, 4) is 0 Å². The first-order valence-corrected chi connectivity index (χ1v) is 8.77. The summed E-state index contributed by atoms with van der Waals surface area (Å²) in [6, 6.07) is 12.6. The Kier molecular flexibility index (Phi) is 4.58. The zero-order chi connectivity index (χ0) is 17.9. The fraction of sp³-hybridized carbons (Fsp3) is 0.211. The highest BCUT2D eigenvalue weighted by Crippen LogP contribution is 2.38. The number of rotatable bonds is 6. The Bertz CT molecular complexity index is 906. The van der Waals surface area contributed by atoms with E-state index in [1.54, 1.807) is 18.2 Å². The molecule has 3 aromatic rings. The van der Waals surface area contributed by atoms with Crippen molar-refractivity contribution in [3.63, 3.8) is 0 Å². The lowest BCUT2D eigenvalue weighted by Gasteiger charge is -2.09. The fourth-order valence-corrected chi connectivity index (χ4v) is 2.74. The third-order valence-corrected chi connectivity index (χ3v) is 4.28. The normalized spacial score (nSPS) is 13.4. The molecule has 0 atom stereocenters. The molecule has 6 nitrogen and oxygen atoms in total. The van der Waals surface area contributed by atoms with Crippen LogP contribution in [0, 0.1) is 0 Å². The van der Waals surface area contributed by atoms with E-state index < -0.39 is 0 Å². The Hall–Kier alpha value is -2.86. The van der Waals surface area contributed by atoms with Crippen LogP contribution in [0.4, 0.5) is 11.5 Å². The number of nitrogens with one attached hydrogen (secondary N) is 2. The number of halogens is 1. The molecule has 0 saturated heterocycles. The van der Waals surface area contributed by atoms with Crippen molar-refractivity contribution in [2.45, 2.75) is 25.3 Å². The highest BCUT2D eigenvalue weighted by molar-refractivity contribution is 6.29. The van der Waals surface area contributed by atoms with Gasteiger partial charge < -0.3 is 15.1 Å². The molecule has 4 rings (SSSR count). The third-order valence-electron chi connectivity index (χ3n) is 4.09. The maximum absolute atomic E-state index is 12.0. The number of carbonyl (C=O) groups is 1. The molecule has 0 radical (unpaired) electrons. The minimum absolute atomic E-state index is 0.274. The largest absolute Gasteiger partial charge is 0.459 e. The van der Waals surface area contributed by atoms with Gasteiger partial charge in [-0.2, -0.15) is 0 Å². The lowest BCUT2D eigenvalue weighted by Crippen LogP contribution is -2.10. The van der Waals surface area contributed by atoms with Crippen LogP contribution in [0.3, 0.4) is 0 Å². The third kappa shape index (κ3) is 4.03. The van der Waals surface area contributed by atoms with Gasteiger partial charge in [0.2, 0.25) is 0 Å². The van der Waals surface area contributed by atoms with Crippen molar-refractivity contribution in [1.29, 1.82) is 0 Å². The number of nitrogens with zero attached hydrogens (tertiary/aromatic N) is 2. The Morgan fingerprint density at radius 1 is 1.19 bits per heavy atom. The first-order chi connectivity index (χ1) is 12.7. The van der Waals surface area contributed by atoms with Crippen LogP contribution in [0.25, 0.3) is 0 Å². The van der Waals surface area contributed by atoms with Gasteiger partial charge in [-0.25, -0.2) is 9.97 Å². The molecule has 132 valence electrons. The first-order valence-electron chi connectivity index (χ1n) is 8.39. The number of hydrogen-bond donors (Lipinski definition) is 2. The van der Waals surface area contributed by atoms with Gasteiger partial charge in [-0.1, -0.05) is 23.7 Å². The number of amides is 1. The van der Waals surface area contributed by atoms with Crippen molar-refractivity contribution in [2.75, 3.05) is 10.6 Å². The van der Waals surface area contributed by atoms with Crippen LogP contribution in [0.2, 0.25) is 5.15 Å². The van der Waals surface area contributed by atoms with Crippen molar-refractivity contribution >= 4 is 29.0 Å². The number of anilines is 2. The summed E-state index contributed by atoms with van der Waals surface area (Å²) in [7, 11) is 0. The van der Waals surface area contributed by atoms with Gasteiger partial charge in [-0.3, -0.25) is 4.79 Å². The number of furan rings is 1. The van der Waals surface area contributed by atoms with Crippen LogP contribution in [0.15, 0.2) is 53.1 Å². The second kappa shape index (κ2) is 7.17. The molecule has 0 spiro atoms. The molecule has 2 N–H and O–H groups in total. The van der Waals surface area contributed by atoms with Gasteiger partial charge in [0, 0.05) is 24.2 Å². The predicted molar refractivity (Wildman–Crippen MR) is 99.4 cm³/mol. The Morgan fingerprint density at radius 2 is 2.00 bits per heavy atom. The average Bonchev–Trinajstić information content (AvgIpc) is 3.35. The van der Waals surface area contributed by atoms with Gasteiger partial charge in [0.25, 0.3) is 5.91 Å². The van der Waals surface area contributed by atoms with Crippen molar-refractivity contribution in [2.24, 2.45) is 0 Å². The molecule has 1 fully saturated rings. The molecule has 0 aliphatic heterocycles. The van der Waals surface area contributed by atoms with Gasteiger partial charge in [-0.05, 0) is 42.7 Å². The van der Waals surface area contributed by atoms with Gasteiger partial charge in [-0.15, -0.1) is 0 Å². The molecule has 26 heavy (non-hydrogen) atoms. The van der Waals surface area contributed by atoms with E-state index in [0.717, 1.165) is 30.0 Å². The molecular weight excluding hydrogens is 352 g/mol. The quantitative estimate of drug-likeness (QED) is 0.628. The second-order valence-electron chi connectivity index (χ2n) is 6.19. The standard InChI is InChI=1S/C19H17ClN4O2/c20-16-10-17(24-18(23-16)13-5-6-13)21-11-12-3-7-14(8-4-12)22-19(25)15-2-1-9-26-15/h1-4,7-10,13H,5-6,11H2,(H,22,25)(H,21,23,24). The van der Waals surface area contributed by atoms with Crippen LogP contribution < -0.4 is 10.6 Å². The van der Waals surface area contributed by atoms with E-state index in [0.29, 0.717) is 23.3 Å². The van der Waals surface area contributed by atoms with Gasteiger partial charge in [0.1, 0.15) is 16.8 Å². The van der Waals surface area contributed by atoms with E-state index in [-0.39, 0.29) is 11.7 Å². The minimum atomic E-state index is -0.274. The molecule has 1 amide bonds. The number of carbonyl (C=O) groups excluding carboxylic acids is 1. The molecule has 1 aliphatic rings. The monoisotopic (exact) mass is 368 g/mol. The van der Waals surface area contributed by atoms with Crippen molar-refractivity contribution < 1.29 is 9.21 Å². The van der Waals surface area contributed by atoms with Crippen LogP contribution >= 0.6 is 11.6 Å². The van der Waals surface area contributed by atoms with E-state index >= 15 is 0 Å². The topological polar surface area (TPSA) is 80.0 Å². The van der Waals surface area contributed by atoms with Crippen LogP contribution in [0.1, 0.15) is 40.7 Å². The maximum atomic E-state index is 12.0. The minimum Gasteiger partial charge on any atom is -0.459 e. The summed E-state index contributed by atoms with van der Waals surface area (Å²) < 4.78 is 5.07. The number of hydrogen-bond acceptors (Lipinski definition) is 5. The number of benzene rings is 1. The highest BCUT2D eigenvalue weighted by Gasteiger charge is 2.27. The summed E-state index contributed by atoms with van der Waals surface area (Å²) in [5.74, 6) is 2.00. The zero-order valence-corrected chi connectivity index (χ0v) is 14.7. The molecule has 7 heteroatoms. The molecule has 2 aromatic heterocycles. The maximum Gasteiger partial charge on any atom is 0.291 e. The fourth-order valence-electron chi connectivity index (χ4n) is 2.55. The molecular formula is C19H17ClN4O2. The first kappa shape index (κ1) is 16.6.